The number of anilines is 4. The van der Waals surface area contributed by atoms with Crippen LogP contribution in [0.4, 0.5) is 22.7 Å². The number of halogens is 2. The van der Waals surface area contributed by atoms with Gasteiger partial charge in [0.2, 0.25) is 0 Å². The van der Waals surface area contributed by atoms with E-state index >= 15 is 0 Å². The minimum absolute atomic E-state index is 0. The van der Waals surface area contributed by atoms with E-state index in [0.717, 1.165) is 52.3 Å². The predicted molar refractivity (Wildman–Crippen MR) is 247 cm³/mol. The summed E-state index contributed by atoms with van der Waals surface area (Å²) >= 11 is 10.4. The van der Waals surface area contributed by atoms with Gasteiger partial charge in [-0.05, 0) is 158 Å². The number of carbonyl (C=O) groups excluding carboxylic acids is 4. The topological polar surface area (TPSA) is 144 Å². The van der Waals surface area contributed by atoms with Crippen LogP contribution in [0.3, 0.4) is 0 Å². The molecule has 306 valence electrons. The Kier molecular flexibility index (Phi) is 17.6. The Labute approximate surface area is 358 Å². The molecule has 0 aliphatic heterocycles. The summed E-state index contributed by atoms with van der Waals surface area (Å²) in [7, 11) is 1.93. The average molecular weight is 832 g/mol. The van der Waals surface area contributed by atoms with Crippen molar-refractivity contribution in [1.82, 2.24) is 0 Å². The van der Waals surface area contributed by atoms with Gasteiger partial charge in [-0.3, -0.25) is 19.2 Å². The first kappa shape index (κ1) is 47.2. The molecule has 0 unspecified atom stereocenters. The first-order chi connectivity index (χ1) is 27.5. The highest BCUT2D eigenvalue weighted by atomic mass is 35.5. The first-order valence-electron chi connectivity index (χ1n) is 18.5. The van der Waals surface area contributed by atoms with Gasteiger partial charge >= 0.3 is 0 Å². The molecule has 0 atom stereocenters. The van der Waals surface area contributed by atoms with Gasteiger partial charge in [0, 0.05) is 52.1 Å². The van der Waals surface area contributed by atoms with E-state index in [2.05, 4.69) is 66.1 Å². The number of benzene rings is 6. The van der Waals surface area contributed by atoms with Gasteiger partial charge in [-0.25, -0.2) is 0 Å². The molecule has 0 bridgehead atoms. The number of nitrogens with two attached hydrogens (primary N) is 2. The molecule has 10 heteroatoms. The molecule has 6 N–H and O–H groups in total. The van der Waals surface area contributed by atoms with Gasteiger partial charge in [-0.15, -0.1) is 0 Å². The third kappa shape index (κ3) is 14.0. The lowest BCUT2D eigenvalue weighted by Crippen LogP contribution is -2.13. The summed E-state index contributed by atoms with van der Waals surface area (Å²) in [6.45, 7) is 9.65. The van der Waals surface area contributed by atoms with Crippen LogP contribution in [0.5, 0.6) is 0 Å². The van der Waals surface area contributed by atoms with Crippen molar-refractivity contribution in [3.63, 3.8) is 0 Å². The van der Waals surface area contributed by atoms with Crippen molar-refractivity contribution < 1.29 is 19.2 Å². The molecule has 0 aliphatic rings. The van der Waals surface area contributed by atoms with Crippen LogP contribution in [0.25, 0.3) is 0 Å². The summed E-state index contributed by atoms with van der Waals surface area (Å²) in [5.41, 5.74) is 26.3. The molecule has 6 rings (SSSR count). The van der Waals surface area contributed by atoms with Crippen LogP contribution in [0.15, 0.2) is 121 Å². The van der Waals surface area contributed by atoms with Crippen LogP contribution in [0.2, 0.25) is 0 Å². The van der Waals surface area contributed by atoms with E-state index in [0.29, 0.717) is 11.1 Å². The molecule has 0 heterocycles. The Morgan fingerprint density at radius 2 is 0.881 bits per heavy atom. The highest BCUT2D eigenvalue weighted by Crippen LogP contribution is 2.23. The quantitative estimate of drug-likeness (QED) is 0.0611. The highest BCUT2D eigenvalue weighted by Gasteiger charge is 2.11. The maximum absolute atomic E-state index is 12.6. The van der Waals surface area contributed by atoms with Gasteiger partial charge in [0.15, 0.2) is 5.78 Å². The van der Waals surface area contributed by atoms with Gasteiger partial charge in [-0.2, -0.15) is 0 Å². The molecule has 0 fully saturated rings. The van der Waals surface area contributed by atoms with Crippen molar-refractivity contribution in [1.29, 1.82) is 0 Å². The second-order valence-corrected chi connectivity index (χ2v) is 14.7. The number of Topliss-reactive ketones (excluding diaryl/α,β-unsaturated/α-hetero) is 1. The molecule has 0 spiro atoms. The minimum Gasteiger partial charge on any atom is -0.399 e. The third-order valence-corrected chi connectivity index (χ3v) is 9.87. The van der Waals surface area contributed by atoms with E-state index in [-0.39, 0.29) is 30.2 Å². The Morgan fingerprint density at radius 3 is 1.27 bits per heavy atom. The Balaban J connectivity index is 0.000000262. The van der Waals surface area contributed by atoms with Crippen LogP contribution in [-0.4, -0.2) is 29.2 Å². The Bertz CT molecular complexity index is 2380. The van der Waals surface area contributed by atoms with E-state index < -0.39 is 10.5 Å². The molecule has 1 amide bonds. The molecule has 6 aromatic rings. The molecular weight excluding hydrogens is 779 g/mol. The number of hydrogen-bond donors (Lipinski definition) is 4. The summed E-state index contributed by atoms with van der Waals surface area (Å²) in [4.78, 5) is 45.4. The monoisotopic (exact) mass is 830 g/mol. The number of aryl methyl sites for hydroxylation is 4. The summed E-state index contributed by atoms with van der Waals surface area (Å²) in [6.07, 6.45) is 1.75. The Morgan fingerprint density at radius 1 is 0.508 bits per heavy atom. The lowest BCUT2D eigenvalue weighted by atomic mass is 10.00. The lowest BCUT2D eigenvalue weighted by Gasteiger charge is -2.12. The zero-order valence-electron chi connectivity index (χ0n) is 33.5. The van der Waals surface area contributed by atoms with E-state index in [1.807, 2.05) is 52.1 Å². The van der Waals surface area contributed by atoms with Crippen molar-refractivity contribution in [3.05, 3.63) is 188 Å². The summed E-state index contributed by atoms with van der Waals surface area (Å²) < 4.78 is 0. The second-order valence-electron chi connectivity index (χ2n) is 14.0. The summed E-state index contributed by atoms with van der Waals surface area (Å²) in [5, 5.41) is 4.93. The molecule has 59 heavy (non-hydrogen) atoms. The van der Waals surface area contributed by atoms with Gasteiger partial charge in [-0.1, -0.05) is 86.3 Å². The van der Waals surface area contributed by atoms with E-state index in [9.17, 15) is 19.2 Å². The fourth-order valence-electron chi connectivity index (χ4n) is 6.10. The number of nitrogens with one attached hydrogen (secondary N) is 2. The summed E-state index contributed by atoms with van der Waals surface area (Å²) in [6, 6.07) is 37.6. The smallest absolute Gasteiger partial charge is 0.255 e. The fraction of sp³-hybridized carbons (Fsp3) is 0.184. The molecule has 6 aromatic carbocycles. The highest BCUT2D eigenvalue weighted by molar-refractivity contribution is 6.69. The van der Waals surface area contributed by atoms with Crippen LogP contribution in [-0.2, 0) is 12.8 Å². The molecule has 0 radical (unpaired) electrons. The molecule has 8 nitrogen and oxygen atoms in total. The normalized spacial score (nSPS) is 10.1. The van der Waals surface area contributed by atoms with E-state index in [4.69, 9.17) is 34.7 Å². The largest absolute Gasteiger partial charge is 0.399 e. The molecule has 0 aliphatic carbocycles. The molecule has 0 saturated carbocycles. The standard InChI is InChI=1S/C25H26N2O2.C15H18N2.C8H4Cl2O2.CH4/c1-16-12-19(8-10-23(16)26-4)14-20-9-11-24(17(2)13-20)27-25(29)22-7-5-6-21(15-22)18(3)28;1-10-7-12(3-5-14(10)16)9-13-4-6-15(17)11(2)8-13;9-7(11)5-2-1-3-6(4-5)8(10)12;/h5-13,15,26H,14H2,1-4H3,(H,27,29);3-8H,9,16-17H2,1-2H3;1-4H;1H4. The average Bonchev–Trinajstić information content (AvgIpc) is 3.19. The maximum atomic E-state index is 12.6. The third-order valence-electron chi connectivity index (χ3n) is 9.43. The minimum atomic E-state index is -0.602. The van der Waals surface area contributed by atoms with Crippen molar-refractivity contribution in [3.8, 4) is 0 Å². The predicted octanol–water partition coefficient (Wildman–Crippen LogP) is 11.5. The molecule has 0 aromatic heterocycles. The van der Waals surface area contributed by atoms with Crippen molar-refractivity contribution in [2.45, 2.75) is 54.9 Å². The van der Waals surface area contributed by atoms with Gasteiger partial charge in [0.25, 0.3) is 16.4 Å². The zero-order valence-corrected chi connectivity index (χ0v) is 35.0. The van der Waals surface area contributed by atoms with E-state index in [1.165, 1.54) is 52.9 Å². The van der Waals surface area contributed by atoms with Crippen molar-refractivity contribution in [2.75, 3.05) is 29.1 Å². The number of rotatable bonds is 10. The maximum Gasteiger partial charge on any atom is 0.255 e. The van der Waals surface area contributed by atoms with E-state index in [1.54, 1.807) is 30.3 Å². The van der Waals surface area contributed by atoms with Crippen molar-refractivity contribution in [2.24, 2.45) is 0 Å². The van der Waals surface area contributed by atoms with Crippen LogP contribution in [0.1, 0.15) is 100 Å². The van der Waals surface area contributed by atoms with Crippen molar-refractivity contribution >= 4 is 68.1 Å². The number of ketones is 1. The second kappa shape index (κ2) is 22.1. The number of carbonyl (C=O) groups is 4. The van der Waals surface area contributed by atoms with Gasteiger partial charge in [0.1, 0.15) is 0 Å². The van der Waals surface area contributed by atoms with Crippen LogP contribution in [0, 0.1) is 27.7 Å². The summed E-state index contributed by atoms with van der Waals surface area (Å²) in [5.74, 6) is -0.277. The number of nitrogen functional groups attached to an aromatic ring is 2. The SMILES string of the molecule is C.CNc1ccc(Cc2ccc(NC(=O)c3cccc(C(C)=O)c3)c(C)c2)cc1C.Cc1cc(Cc2ccc(N)c(C)c2)ccc1N.O=C(Cl)c1cccc(C(=O)Cl)c1. The van der Waals surface area contributed by atoms with Gasteiger partial charge < -0.3 is 22.1 Å². The first-order valence-corrected chi connectivity index (χ1v) is 19.3. The lowest BCUT2D eigenvalue weighted by molar-refractivity contribution is 0.101. The Hall–Kier alpha value is -6.22. The van der Waals surface area contributed by atoms with Crippen LogP contribution < -0.4 is 22.1 Å². The molecular formula is C49H52Cl2N4O4. The van der Waals surface area contributed by atoms with Gasteiger partial charge in [0.05, 0.1) is 0 Å². The number of amides is 1. The molecule has 0 saturated heterocycles. The fourth-order valence-corrected chi connectivity index (χ4v) is 6.33. The van der Waals surface area contributed by atoms with Crippen LogP contribution >= 0.6 is 23.2 Å². The number of hydrogen-bond acceptors (Lipinski definition) is 7. The zero-order chi connectivity index (χ0) is 42.5.